The third-order valence-electron chi connectivity index (χ3n) is 6.61. The Bertz CT molecular complexity index is 824. The number of nitrogens with zero attached hydrogens (tertiary/aromatic N) is 1. The minimum atomic E-state index is 0.269. The van der Waals surface area contributed by atoms with Gasteiger partial charge in [-0.25, -0.2) is 0 Å². The minimum absolute atomic E-state index is 0.269. The van der Waals surface area contributed by atoms with Gasteiger partial charge in [0, 0.05) is 40.8 Å². The van der Waals surface area contributed by atoms with E-state index in [1.54, 1.807) is 0 Å². The third-order valence-corrected chi connectivity index (χ3v) is 6.84. The standard InChI is InChI=1S/C24H32ClN3O/c25-18-7-12-21-22(13-14-26-23(21)16-18)27-19-8-10-20(11-9-19)28-24(29)15-17-5-3-1-2-4-6-17/h7,12-14,16-17,19-20H,1-6,8-11,15H2,(H,26,27)(H,28,29). The Morgan fingerprint density at radius 1 is 0.966 bits per heavy atom. The summed E-state index contributed by atoms with van der Waals surface area (Å²) in [6, 6.07) is 8.66. The highest BCUT2D eigenvalue weighted by molar-refractivity contribution is 6.31. The summed E-state index contributed by atoms with van der Waals surface area (Å²) in [5, 5.41) is 8.83. The quantitative estimate of drug-likeness (QED) is 0.583. The van der Waals surface area contributed by atoms with E-state index in [1.165, 1.54) is 38.5 Å². The van der Waals surface area contributed by atoms with E-state index in [9.17, 15) is 4.79 Å². The molecule has 1 amide bonds. The number of benzene rings is 1. The number of rotatable bonds is 5. The highest BCUT2D eigenvalue weighted by Gasteiger charge is 2.24. The summed E-state index contributed by atoms with van der Waals surface area (Å²) in [5.41, 5.74) is 2.04. The van der Waals surface area contributed by atoms with Crippen molar-refractivity contribution in [2.45, 2.75) is 82.7 Å². The molecule has 0 spiro atoms. The number of amides is 1. The molecule has 0 atom stereocenters. The average Bonchev–Trinajstić information content (AvgIpc) is 2.98. The van der Waals surface area contributed by atoms with Crippen LogP contribution in [0, 0.1) is 5.92 Å². The Morgan fingerprint density at radius 3 is 2.45 bits per heavy atom. The maximum absolute atomic E-state index is 12.5. The molecular formula is C24H32ClN3O. The van der Waals surface area contributed by atoms with Crippen LogP contribution >= 0.6 is 11.6 Å². The van der Waals surface area contributed by atoms with E-state index < -0.39 is 0 Å². The molecule has 2 aromatic rings. The third kappa shape index (κ3) is 5.63. The molecule has 29 heavy (non-hydrogen) atoms. The van der Waals surface area contributed by atoms with Gasteiger partial charge in [0.05, 0.1) is 5.52 Å². The lowest BCUT2D eigenvalue weighted by Gasteiger charge is -2.31. The lowest BCUT2D eigenvalue weighted by Crippen LogP contribution is -2.40. The first-order valence-electron chi connectivity index (χ1n) is 11.3. The summed E-state index contributed by atoms with van der Waals surface area (Å²) in [5.74, 6) is 0.870. The first-order chi connectivity index (χ1) is 14.2. The van der Waals surface area contributed by atoms with Gasteiger partial charge in [-0.3, -0.25) is 9.78 Å². The van der Waals surface area contributed by atoms with E-state index in [0.717, 1.165) is 48.7 Å². The normalized spacial score (nSPS) is 23.5. The smallest absolute Gasteiger partial charge is 0.220 e. The zero-order chi connectivity index (χ0) is 20.1. The zero-order valence-corrected chi connectivity index (χ0v) is 17.9. The molecule has 2 saturated carbocycles. The number of hydrogen-bond acceptors (Lipinski definition) is 3. The average molecular weight is 414 g/mol. The first kappa shape index (κ1) is 20.5. The summed E-state index contributed by atoms with van der Waals surface area (Å²) in [6.45, 7) is 0. The van der Waals surface area contributed by atoms with Gasteiger partial charge < -0.3 is 10.6 Å². The predicted molar refractivity (Wildman–Crippen MR) is 120 cm³/mol. The molecule has 1 aromatic heterocycles. The lowest BCUT2D eigenvalue weighted by molar-refractivity contribution is -0.123. The van der Waals surface area contributed by atoms with Crippen LogP contribution in [0.25, 0.3) is 10.9 Å². The predicted octanol–water partition coefficient (Wildman–Crippen LogP) is 6.09. The van der Waals surface area contributed by atoms with Crippen molar-refractivity contribution >= 4 is 34.1 Å². The molecule has 0 unspecified atom stereocenters. The largest absolute Gasteiger partial charge is 0.382 e. The number of halogens is 1. The van der Waals surface area contributed by atoms with Crippen LogP contribution in [0.2, 0.25) is 5.02 Å². The summed E-state index contributed by atoms with van der Waals surface area (Å²) >= 11 is 6.10. The van der Waals surface area contributed by atoms with E-state index in [2.05, 4.69) is 15.6 Å². The van der Waals surface area contributed by atoms with Gasteiger partial charge in [0.15, 0.2) is 0 Å². The van der Waals surface area contributed by atoms with Crippen molar-refractivity contribution in [3.63, 3.8) is 0 Å². The molecule has 4 rings (SSSR count). The summed E-state index contributed by atoms with van der Waals surface area (Å²) < 4.78 is 0. The van der Waals surface area contributed by atoms with Crippen LogP contribution in [-0.2, 0) is 4.79 Å². The molecule has 2 aliphatic rings. The number of carbonyl (C=O) groups is 1. The van der Waals surface area contributed by atoms with Gasteiger partial charge in [-0.1, -0.05) is 37.3 Å². The van der Waals surface area contributed by atoms with Crippen molar-refractivity contribution in [3.8, 4) is 0 Å². The molecule has 2 aliphatic carbocycles. The molecule has 4 nitrogen and oxygen atoms in total. The van der Waals surface area contributed by atoms with Crippen LogP contribution in [0.15, 0.2) is 30.5 Å². The van der Waals surface area contributed by atoms with Gasteiger partial charge in [0.25, 0.3) is 0 Å². The van der Waals surface area contributed by atoms with Crippen LogP contribution < -0.4 is 10.6 Å². The molecule has 2 fully saturated rings. The Hall–Kier alpha value is -1.81. The lowest BCUT2D eigenvalue weighted by atomic mass is 9.90. The number of hydrogen-bond donors (Lipinski definition) is 2. The Morgan fingerprint density at radius 2 is 1.69 bits per heavy atom. The molecule has 1 aromatic carbocycles. The summed E-state index contributed by atoms with van der Waals surface area (Å²) in [4.78, 5) is 16.9. The number of anilines is 1. The van der Waals surface area contributed by atoms with Crippen LogP contribution in [-0.4, -0.2) is 23.0 Å². The Balaban J connectivity index is 1.26. The summed E-state index contributed by atoms with van der Waals surface area (Å²) in [7, 11) is 0. The highest BCUT2D eigenvalue weighted by Crippen LogP contribution is 2.29. The number of pyridine rings is 1. The zero-order valence-electron chi connectivity index (χ0n) is 17.1. The summed E-state index contributed by atoms with van der Waals surface area (Å²) in [6.07, 6.45) is 14.5. The van der Waals surface area contributed by atoms with Gasteiger partial charge in [-0.2, -0.15) is 0 Å². The monoisotopic (exact) mass is 413 g/mol. The number of fused-ring (bicyclic) bond motifs is 1. The molecule has 0 bridgehead atoms. The van der Waals surface area contributed by atoms with E-state index >= 15 is 0 Å². The maximum Gasteiger partial charge on any atom is 0.220 e. The fourth-order valence-electron chi connectivity index (χ4n) is 4.97. The second-order valence-electron chi connectivity index (χ2n) is 8.84. The SMILES string of the molecule is O=C(CC1CCCCCC1)NC1CCC(Nc2ccnc3cc(Cl)ccc23)CC1. The van der Waals surface area contributed by atoms with E-state index in [1.807, 2.05) is 30.5 Å². The van der Waals surface area contributed by atoms with E-state index in [4.69, 9.17) is 11.6 Å². The topological polar surface area (TPSA) is 54.0 Å². The highest BCUT2D eigenvalue weighted by atomic mass is 35.5. The second kappa shape index (κ2) is 9.80. The number of carbonyl (C=O) groups excluding carboxylic acids is 1. The molecule has 0 radical (unpaired) electrons. The van der Waals surface area contributed by atoms with Crippen LogP contribution in [0.5, 0.6) is 0 Å². The molecule has 0 aliphatic heterocycles. The van der Waals surface area contributed by atoms with Crippen molar-refractivity contribution in [1.82, 2.24) is 10.3 Å². The van der Waals surface area contributed by atoms with Crippen molar-refractivity contribution in [1.29, 1.82) is 0 Å². The fraction of sp³-hybridized carbons (Fsp3) is 0.583. The van der Waals surface area contributed by atoms with Crippen LogP contribution in [0.4, 0.5) is 5.69 Å². The van der Waals surface area contributed by atoms with Crippen molar-refractivity contribution in [3.05, 3.63) is 35.5 Å². The van der Waals surface area contributed by atoms with Gasteiger partial charge >= 0.3 is 0 Å². The minimum Gasteiger partial charge on any atom is -0.382 e. The van der Waals surface area contributed by atoms with Crippen LogP contribution in [0.1, 0.15) is 70.6 Å². The van der Waals surface area contributed by atoms with E-state index in [-0.39, 0.29) is 5.91 Å². The second-order valence-corrected chi connectivity index (χ2v) is 9.28. The molecule has 1 heterocycles. The van der Waals surface area contributed by atoms with Crippen molar-refractivity contribution in [2.24, 2.45) is 5.92 Å². The molecular weight excluding hydrogens is 382 g/mol. The number of nitrogens with one attached hydrogen (secondary N) is 2. The van der Waals surface area contributed by atoms with Crippen molar-refractivity contribution in [2.75, 3.05) is 5.32 Å². The van der Waals surface area contributed by atoms with Crippen LogP contribution in [0.3, 0.4) is 0 Å². The first-order valence-corrected chi connectivity index (χ1v) is 11.7. The Kier molecular flexibility index (Phi) is 6.91. The van der Waals surface area contributed by atoms with Crippen molar-refractivity contribution < 1.29 is 4.79 Å². The Labute approximate surface area is 178 Å². The number of aromatic nitrogens is 1. The van der Waals surface area contributed by atoms with Gasteiger partial charge in [-0.15, -0.1) is 0 Å². The molecule has 0 saturated heterocycles. The maximum atomic E-state index is 12.5. The molecule has 156 valence electrons. The van der Waals surface area contributed by atoms with Gasteiger partial charge in [-0.05, 0) is 68.7 Å². The van der Waals surface area contributed by atoms with Gasteiger partial charge in [0.2, 0.25) is 5.91 Å². The molecule has 5 heteroatoms. The van der Waals surface area contributed by atoms with E-state index in [0.29, 0.717) is 23.0 Å². The van der Waals surface area contributed by atoms with Gasteiger partial charge in [0.1, 0.15) is 0 Å². The molecule has 2 N–H and O–H groups in total. The fourth-order valence-corrected chi connectivity index (χ4v) is 5.13.